The molecule has 7 nitrogen and oxygen atoms in total. The molecule has 188 valence electrons. The summed E-state index contributed by atoms with van der Waals surface area (Å²) >= 11 is 0. The highest BCUT2D eigenvalue weighted by molar-refractivity contribution is 7.89. The van der Waals surface area contributed by atoms with E-state index in [9.17, 15) is 13.2 Å². The number of pyridine rings is 1. The molecule has 0 spiro atoms. The number of hydrogen-bond acceptors (Lipinski definition) is 5. The molecule has 0 fully saturated rings. The van der Waals surface area contributed by atoms with Gasteiger partial charge in [-0.1, -0.05) is 72.8 Å². The number of carbonyl (C=O) groups is 1. The van der Waals surface area contributed by atoms with Crippen molar-refractivity contribution < 1.29 is 17.9 Å². The number of nitrogens with zero attached hydrogens (tertiary/aromatic N) is 1. The van der Waals surface area contributed by atoms with Gasteiger partial charge in [0.05, 0.1) is 11.9 Å². The average Bonchev–Trinajstić information content (AvgIpc) is 3.37. The number of ether oxygens (including phenoxy) is 1. The number of aromatic nitrogens is 1. The largest absolute Gasteiger partial charge is 0.465 e. The predicted molar refractivity (Wildman–Crippen MR) is 144 cm³/mol. The van der Waals surface area contributed by atoms with E-state index >= 15 is 0 Å². The lowest BCUT2D eigenvalue weighted by Gasteiger charge is -2.20. The molecule has 0 atom stereocenters. The van der Waals surface area contributed by atoms with Crippen LogP contribution in [0.3, 0.4) is 0 Å². The highest BCUT2D eigenvalue weighted by Gasteiger charge is 2.22. The number of nitrogens with one attached hydrogen (secondary N) is 2. The number of urea groups is 1. The fourth-order valence-corrected chi connectivity index (χ4v) is 5.09. The molecule has 0 saturated carbocycles. The molecule has 3 aromatic carbocycles. The highest BCUT2D eigenvalue weighted by atomic mass is 32.2. The van der Waals surface area contributed by atoms with Crippen LogP contribution in [0.4, 0.5) is 10.5 Å². The number of aryl methyl sites for hydroxylation is 1. The van der Waals surface area contributed by atoms with Crippen LogP contribution in [0.25, 0.3) is 11.1 Å². The Hall–Kier alpha value is -4.17. The number of hydrogen-bond donors (Lipinski definition) is 2. The van der Waals surface area contributed by atoms with Crippen LogP contribution in [-0.2, 0) is 22.9 Å². The number of sulfonamides is 1. The number of anilines is 1. The molecule has 0 bridgehead atoms. The molecule has 37 heavy (non-hydrogen) atoms. The van der Waals surface area contributed by atoms with Gasteiger partial charge in [-0.25, -0.2) is 22.9 Å². The van der Waals surface area contributed by atoms with Gasteiger partial charge in [-0.2, -0.15) is 0 Å². The fraction of sp³-hybridized carbons (Fsp3) is 0.172. The molecule has 1 heterocycles. The molecule has 1 aliphatic rings. The minimum Gasteiger partial charge on any atom is -0.465 e. The van der Waals surface area contributed by atoms with Crippen LogP contribution in [0.15, 0.2) is 91.1 Å². The maximum Gasteiger partial charge on any atom is 0.332 e. The standard InChI is InChI=1S/C29H27N3O4S/c1-37(34,35)32-29(33)31-27-24-14-8-13-20(24)15-16-25(27)23-17-18-30-26(19-23)36-28(21-9-4-2-5-10-21)22-11-6-3-7-12-22/h2-7,9-12,15-19,28H,8,13-14H2,1H3,(H2,31,32,33). The number of carbonyl (C=O) groups excluding carboxylic acids is 1. The minimum atomic E-state index is -3.70. The van der Waals surface area contributed by atoms with Crippen molar-refractivity contribution in [3.8, 4) is 17.0 Å². The Kier molecular flexibility index (Phi) is 6.92. The summed E-state index contributed by atoms with van der Waals surface area (Å²) in [5, 5.41) is 2.79. The van der Waals surface area contributed by atoms with Crippen LogP contribution in [0.2, 0.25) is 0 Å². The van der Waals surface area contributed by atoms with Crippen molar-refractivity contribution in [2.45, 2.75) is 25.4 Å². The van der Waals surface area contributed by atoms with E-state index in [1.807, 2.05) is 83.6 Å². The van der Waals surface area contributed by atoms with Gasteiger partial charge in [0.15, 0.2) is 6.10 Å². The molecule has 8 heteroatoms. The van der Waals surface area contributed by atoms with Gasteiger partial charge in [0.2, 0.25) is 15.9 Å². The zero-order valence-electron chi connectivity index (χ0n) is 20.3. The first-order valence-corrected chi connectivity index (χ1v) is 13.9. The molecular weight excluding hydrogens is 486 g/mol. The highest BCUT2D eigenvalue weighted by Crippen LogP contribution is 2.38. The van der Waals surface area contributed by atoms with E-state index in [2.05, 4.69) is 16.4 Å². The lowest BCUT2D eigenvalue weighted by molar-refractivity contribution is 0.237. The summed E-state index contributed by atoms with van der Waals surface area (Å²) in [6, 6.07) is 26.8. The molecule has 4 aromatic rings. The molecule has 0 unspecified atom stereocenters. The van der Waals surface area contributed by atoms with Gasteiger partial charge >= 0.3 is 6.03 Å². The zero-order valence-corrected chi connectivity index (χ0v) is 21.2. The third-order valence-corrected chi connectivity index (χ3v) is 6.84. The molecule has 0 aliphatic heterocycles. The SMILES string of the molecule is CS(=O)(=O)NC(=O)Nc1c(-c2ccnc(OC(c3ccccc3)c3ccccc3)c2)ccc2c1CCC2. The zero-order chi connectivity index (χ0) is 25.8. The number of amides is 2. The van der Waals surface area contributed by atoms with E-state index in [1.54, 1.807) is 6.20 Å². The Morgan fingerprint density at radius 1 is 0.919 bits per heavy atom. The minimum absolute atomic E-state index is 0.358. The second-order valence-electron chi connectivity index (χ2n) is 9.01. The summed E-state index contributed by atoms with van der Waals surface area (Å²) in [5.41, 5.74) is 6.35. The predicted octanol–water partition coefficient (Wildman–Crippen LogP) is 5.49. The van der Waals surface area contributed by atoms with E-state index in [4.69, 9.17) is 4.74 Å². The van der Waals surface area contributed by atoms with E-state index in [0.29, 0.717) is 11.6 Å². The Bertz CT molecular complexity index is 1480. The van der Waals surface area contributed by atoms with Crippen molar-refractivity contribution in [2.75, 3.05) is 11.6 Å². The quantitative estimate of drug-likeness (QED) is 0.341. The fourth-order valence-electron chi connectivity index (χ4n) is 4.70. The van der Waals surface area contributed by atoms with Crippen LogP contribution in [0.1, 0.15) is 34.8 Å². The van der Waals surface area contributed by atoms with Crippen molar-refractivity contribution in [1.29, 1.82) is 0 Å². The van der Waals surface area contributed by atoms with Crippen molar-refractivity contribution in [2.24, 2.45) is 0 Å². The van der Waals surface area contributed by atoms with Gasteiger partial charge in [0, 0.05) is 17.8 Å². The van der Waals surface area contributed by atoms with E-state index < -0.39 is 16.1 Å². The summed E-state index contributed by atoms with van der Waals surface area (Å²) in [6.45, 7) is 0. The monoisotopic (exact) mass is 513 g/mol. The lowest BCUT2D eigenvalue weighted by Crippen LogP contribution is -2.33. The Morgan fingerprint density at radius 2 is 1.59 bits per heavy atom. The Balaban J connectivity index is 1.51. The van der Waals surface area contributed by atoms with E-state index in [1.165, 1.54) is 0 Å². The van der Waals surface area contributed by atoms with Gasteiger partial charge in [-0.05, 0) is 53.1 Å². The first kappa shape index (κ1) is 24.5. The normalized spacial score (nSPS) is 12.7. The second-order valence-corrected chi connectivity index (χ2v) is 10.8. The molecule has 1 aliphatic carbocycles. The van der Waals surface area contributed by atoms with Gasteiger partial charge in [-0.3, -0.25) is 0 Å². The van der Waals surface area contributed by atoms with Crippen molar-refractivity contribution >= 4 is 21.7 Å². The van der Waals surface area contributed by atoms with Crippen molar-refractivity contribution in [3.63, 3.8) is 0 Å². The molecule has 0 saturated heterocycles. The van der Waals surface area contributed by atoms with Crippen molar-refractivity contribution in [3.05, 3.63) is 113 Å². The molecule has 5 rings (SSSR count). The number of rotatable bonds is 7. The number of fused-ring (bicyclic) bond motifs is 1. The van der Waals surface area contributed by atoms with E-state index in [-0.39, 0.29) is 6.10 Å². The molecule has 1 aromatic heterocycles. The molecule has 0 radical (unpaired) electrons. The van der Waals surface area contributed by atoms with Crippen LogP contribution < -0.4 is 14.8 Å². The van der Waals surface area contributed by atoms with Crippen molar-refractivity contribution in [1.82, 2.24) is 9.71 Å². The smallest absolute Gasteiger partial charge is 0.332 e. The topological polar surface area (TPSA) is 97.4 Å². The summed E-state index contributed by atoms with van der Waals surface area (Å²) in [5.74, 6) is 0.433. The number of benzene rings is 3. The molecular formula is C29H27N3O4S. The first-order valence-electron chi connectivity index (χ1n) is 12.0. The third-order valence-electron chi connectivity index (χ3n) is 6.29. The Labute approximate surface area is 216 Å². The van der Waals surface area contributed by atoms with Crippen LogP contribution in [0.5, 0.6) is 5.88 Å². The summed E-state index contributed by atoms with van der Waals surface area (Å²) in [4.78, 5) is 17.0. The summed E-state index contributed by atoms with van der Waals surface area (Å²) in [7, 11) is -3.70. The van der Waals surface area contributed by atoms with E-state index in [0.717, 1.165) is 58.9 Å². The maximum absolute atomic E-state index is 12.5. The van der Waals surface area contributed by atoms with Gasteiger partial charge in [0.1, 0.15) is 0 Å². The third kappa shape index (κ3) is 5.81. The van der Waals surface area contributed by atoms with Gasteiger partial charge < -0.3 is 10.1 Å². The summed E-state index contributed by atoms with van der Waals surface area (Å²) in [6.07, 6.45) is 4.95. The van der Waals surface area contributed by atoms with Gasteiger partial charge in [-0.15, -0.1) is 0 Å². The van der Waals surface area contributed by atoms with Crippen LogP contribution in [0, 0.1) is 0 Å². The lowest BCUT2D eigenvalue weighted by atomic mass is 9.98. The second kappa shape index (κ2) is 10.4. The maximum atomic E-state index is 12.5. The molecule has 2 N–H and O–H groups in total. The van der Waals surface area contributed by atoms with Crippen LogP contribution in [-0.4, -0.2) is 25.7 Å². The summed E-state index contributed by atoms with van der Waals surface area (Å²) < 4.78 is 31.6. The average molecular weight is 514 g/mol. The first-order chi connectivity index (χ1) is 17.9. The van der Waals surface area contributed by atoms with Gasteiger partial charge in [0.25, 0.3) is 0 Å². The molecule has 2 amide bonds. The Morgan fingerprint density at radius 3 is 2.24 bits per heavy atom. The van der Waals surface area contributed by atoms with Crippen LogP contribution >= 0.6 is 0 Å².